The second-order valence-electron chi connectivity index (χ2n) is 5.78. The normalized spacial score (nSPS) is 40.9. The molecule has 0 aliphatic heterocycles. The van der Waals surface area contributed by atoms with Crippen LogP contribution in [0.15, 0.2) is 0 Å². The molecule has 0 unspecified atom stereocenters. The minimum atomic E-state index is 0.558. The third kappa shape index (κ3) is 3.46. The van der Waals surface area contributed by atoms with Crippen molar-refractivity contribution in [1.82, 2.24) is 5.32 Å². The molecule has 94 valence electrons. The highest BCUT2D eigenvalue weighted by Gasteiger charge is 2.25. The van der Waals surface area contributed by atoms with Crippen molar-refractivity contribution in [2.45, 2.75) is 76.5 Å². The molecule has 0 aromatic heterocycles. The lowest BCUT2D eigenvalue weighted by Gasteiger charge is -2.34. The zero-order chi connectivity index (χ0) is 11.4. The van der Waals surface area contributed by atoms with Gasteiger partial charge in [0, 0.05) is 6.04 Å². The maximum absolute atomic E-state index is 6.25. The summed E-state index contributed by atoms with van der Waals surface area (Å²) in [6.45, 7) is 2.37. The molecule has 2 rings (SSSR count). The molecular weight excluding hydrogens is 198 g/mol. The number of rotatable bonds is 3. The van der Waals surface area contributed by atoms with E-state index in [-0.39, 0.29) is 0 Å². The van der Waals surface area contributed by atoms with Gasteiger partial charge in [-0.15, -0.1) is 0 Å². The molecule has 2 fully saturated rings. The molecule has 0 atom stereocenters. The molecule has 2 saturated carbocycles. The smallest absolute Gasteiger partial charge is 0.0580 e. The van der Waals surface area contributed by atoms with Gasteiger partial charge in [0.05, 0.1) is 12.2 Å². The van der Waals surface area contributed by atoms with Gasteiger partial charge in [-0.05, 0) is 64.3 Å². The zero-order valence-corrected chi connectivity index (χ0v) is 10.9. The largest absolute Gasteiger partial charge is 0.375 e. The second kappa shape index (κ2) is 6.02. The lowest BCUT2D eigenvalue weighted by atomic mass is 9.88. The van der Waals surface area contributed by atoms with E-state index in [0.717, 1.165) is 12.0 Å². The van der Waals surface area contributed by atoms with E-state index in [1.165, 1.54) is 51.4 Å². The standard InChI is InChI=1S/C14H27NO/c1-11-3-7-13(8-4-11)16-14-9-5-12(15-2)6-10-14/h11-15H,3-10H2,1-2H3. The zero-order valence-electron chi connectivity index (χ0n) is 10.9. The van der Waals surface area contributed by atoms with Crippen molar-refractivity contribution in [2.75, 3.05) is 7.05 Å². The van der Waals surface area contributed by atoms with E-state index in [1.54, 1.807) is 0 Å². The summed E-state index contributed by atoms with van der Waals surface area (Å²) in [7, 11) is 2.08. The first kappa shape index (κ1) is 12.4. The van der Waals surface area contributed by atoms with Crippen LogP contribution >= 0.6 is 0 Å². The Balaban J connectivity index is 1.66. The molecule has 0 amide bonds. The van der Waals surface area contributed by atoms with E-state index in [0.29, 0.717) is 12.2 Å². The molecular formula is C14H27NO. The first-order valence-electron chi connectivity index (χ1n) is 7.10. The van der Waals surface area contributed by atoms with Gasteiger partial charge in [0.25, 0.3) is 0 Å². The maximum atomic E-state index is 6.25. The van der Waals surface area contributed by atoms with E-state index in [9.17, 15) is 0 Å². The van der Waals surface area contributed by atoms with Crippen LogP contribution in [-0.2, 0) is 4.74 Å². The molecule has 1 N–H and O–H groups in total. The van der Waals surface area contributed by atoms with Gasteiger partial charge >= 0.3 is 0 Å². The van der Waals surface area contributed by atoms with Crippen molar-refractivity contribution >= 4 is 0 Å². The molecule has 0 bridgehead atoms. The fourth-order valence-corrected chi connectivity index (χ4v) is 3.13. The van der Waals surface area contributed by atoms with Crippen LogP contribution in [0.5, 0.6) is 0 Å². The van der Waals surface area contributed by atoms with Crippen LogP contribution in [0.4, 0.5) is 0 Å². The Hall–Kier alpha value is -0.0800. The molecule has 2 nitrogen and oxygen atoms in total. The van der Waals surface area contributed by atoms with Crippen LogP contribution in [0.25, 0.3) is 0 Å². The Morgan fingerprint density at radius 1 is 0.812 bits per heavy atom. The number of hydrogen-bond donors (Lipinski definition) is 1. The van der Waals surface area contributed by atoms with Gasteiger partial charge in [-0.25, -0.2) is 0 Å². The van der Waals surface area contributed by atoms with E-state index in [1.807, 2.05) is 0 Å². The highest BCUT2D eigenvalue weighted by molar-refractivity contribution is 4.78. The van der Waals surface area contributed by atoms with Gasteiger partial charge in [0.15, 0.2) is 0 Å². The number of hydrogen-bond acceptors (Lipinski definition) is 2. The Kier molecular flexibility index (Phi) is 4.66. The molecule has 0 spiro atoms. The second-order valence-corrected chi connectivity index (χ2v) is 5.78. The quantitative estimate of drug-likeness (QED) is 0.797. The van der Waals surface area contributed by atoms with Crippen molar-refractivity contribution in [2.24, 2.45) is 5.92 Å². The van der Waals surface area contributed by atoms with E-state index in [2.05, 4.69) is 19.3 Å². The van der Waals surface area contributed by atoms with Gasteiger partial charge in [-0.2, -0.15) is 0 Å². The van der Waals surface area contributed by atoms with Crippen LogP contribution in [-0.4, -0.2) is 25.3 Å². The van der Waals surface area contributed by atoms with Gasteiger partial charge in [0.1, 0.15) is 0 Å². The molecule has 16 heavy (non-hydrogen) atoms. The predicted molar refractivity (Wildman–Crippen MR) is 67.6 cm³/mol. The molecule has 2 heteroatoms. The summed E-state index contributed by atoms with van der Waals surface area (Å²) in [5.74, 6) is 0.930. The Morgan fingerprint density at radius 3 is 1.81 bits per heavy atom. The summed E-state index contributed by atoms with van der Waals surface area (Å²) < 4.78 is 6.25. The fraction of sp³-hybridized carbons (Fsp3) is 1.00. The first-order chi connectivity index (χ1) is 7.78. The third-order valence-corrected chi connectivity index (χ3v) is 4.43. The van der Waals surface area contributed by atoms with E-state index >= 15 is 0 Å². The molecule has 2 aliphatic rings. The van der Waals surface area contributed by atoms with Crippen molar-refractivity contribution in [3.05, 3.63) is 0 Å². The van der Waals surface area contributed by atoms with Crippen LogP contribution in [0, 0.1) is 5.92 Å². The lowest BCUT2D eigenvalue weighted by Crippen LogP contribution is -2.35. The van der Waals surface area contributed by atoms with Crippen LogP contribution in [0.3, 0.4) is 0 Å². The highest BCUT2D eigenvalue weighted by atomic mass is 16.5. The summed E-state index contributed by atoms with van der Waals surface area (Å²) in [6, 6.07) is 0.742. The molecule has 0 heterocycles. The molecule has 2 aliphatic carbocycles. The van der Waals surface area contributed by atoms with Crippen molar-refractivity contribution in [3.63, 3.8) is 0 Å². The summed E-state index contributed by atoms with van der Waals surface area (Å²) in [6.07, 6.45) is 11.6. The van der Waals surface area contributed by atoms with Crippen molar-refractivity contribution in [1.29, 1.82) is 0 Å². The molecule has 0 radical (unpaired) electrons. The van der Waals surface area contributed by atoms with Crippen molar-refractivity contribution in [3.8, 4) is 0 Å². The maximum Gasteiger partial charge on any atom is 0.0580 e. The fourth-order valence-electron chi connectivity index (χ4n) is 3.13. The first-order valence-corrected chi connectivity index (χ1v) is 7.10. The SMILES string of the molecule is CNC1CCC(OC2CCC(C)CC2)CC1. The number of nitrogens with one attached hydrogen (secondary N) is 1. The predicted octanol–water partition coefficient (Wildman–Crippen LogP) is 3.11. The van der Waals surface area contributed by atoms with Crippen LogP contribution in [0.1, 0.15) is 58.3 Å². The third-order valence-electron chi connectivity index (χ3n) is 4.43. The minimum absolute atomic E-state index is 0.558. The average Bonchev–Trinajstić information content (AvgIpc) is 2.33. The van der Waals surface area contributed by atoms with Crippen molar-refractivity contribution < 1.29 is 4.74 Å². The monoisotopic (exact) mass is 225 g/mol. The Morgan fingerprint density at radius 2 is 1.31 bits per heavy atom. The molecule has 0 aromatic carbocycles. The summed E-state index contributed by atoms with van der Waals surface area (Å²) in [5, 5.41) is 3.38. The topological polar surface area (TPSA) is 21.3 Å². The molecule has 0 aromatic rings. The Bertz CT molecular complexity index is 191. The van der Waals surface area contributed by atoms with Gasteiger partial charge in [-0.3, -0.25) is 0 Å². The van der Waals surface area contributed by atoms with Crippen LogP contribution in [0.2, 0.25) is 0 Å². The summed E-state index contributed by atoms with van der Waals surface area (Å²) in [5.41, 5.74) is 0. The summed E-state index contributed by atoms with van der Waals surface area (Å²) in [4.78, 5) is 0. The van der Waals surface area contributed by atoms with Gasteiger partial charge in [0.2, 0.25) is 0 Å². The van der Waals surface area contributed by atoms with Gasteiger partial charge in [-0.1, -0.05) is 6.92 Å². The van der Waals surface area contributed by atoms with Crippen LogP contribution < -0.4 is 5.32 Å². The molecule has 0 saturated heterocycles. The average molecular weight is 225 g/mol. The highest BCUT2D eigenvalue weighted by Crippen LogP contribution is 2.29. The van der Waals surface area contributed by atoms with Gasteiger partial charge < -0.3 is 10.1 Å². The summed E-state index contributed by atoms with van der Waals surface area (Å²) >= 11 is 0. The Labute approximate surface area is 100 Å². The minimum Gasteiger partial charge on any atom is -0.375 e. The van der Waals surface area contributed by atoms with E-state index < -0.39 is 0 Å². The lowest BCUT2D eigenvalue weighted by molar-refractivity contribution is -0.0526. The number of ether oxygens (including phenoxy) is 1. The van der Waals surface area contributed by atoms with E-state index in [4.69, 9.17) is 4.74 Å².